The summed E-state index contributed by atoms with van der Waals surface area (Å²) >= 11 is 5.93. The zero-order valence-corrected chi connectivity index (χ0v) is 8.64. The van der Waals surface area contributed by atoms with Crippen molar-refractivity contribution < 1.29 is 0 Å². The van der Waals surface area contributed by atoms with Gasteiger partial charge in [-0.15, -0.1) is 0 Å². The number of rotatable bonds is 3. The predicted octanol–water partition coefficient (Wildman–Crippen LogP) is 2.10. The van der Waals surface area contributed by atoms with Gasteiger partial charge in [0.25, 0.3) is 0 Å². The van der Waals surface area contributed by atoms with Gasteiger partial charge in [-0.2, -0.15) is 0 Å². The number of aryl methyl sites for hydroxylation is 2. The van der Waals surface area contributed by atoms with Gasteiger partial charge in [-0.3, -0.25) is 0 Å². The van der Waals surface area contributed by atoms with Gasteiger partial charge in [-0.25, -0.2) is 0 Å². The van der Waals surface area contributed by atoms with Crippen molar-refractivity contribution in [3.8, 4) is 0 Å². The lowest BCUT2D eigenvalue weighted by atomic mass is 10.1. The normalized spacial score (nSPS) is 19.0. The van der Waals surface area contributed by atoms with Crippen molar-refractivity contribution in [1.82, 2.24) is 4.57 Å². The molecule has 72 valence electrons. The smallest absolute Gasteiger partial charge is 0.108 e. The van der Waals surface area contributed by atoms with Gasteiger partial charge in [0.2, 0.25) is 0 Å². The standard InChI is InChI=1S/C10H15ClN2/c1-13-7-8(6-9(13)11)2-3-10(12)4-5-10/h6-7H,2-5,12H2,1H3. The van der Waals surface area contributed by atoms with E-state index in [4.69, 9.17) is 17.3 Å². The van der Waals surface area contributed by atoms with Crippen LogP contribution in [0.15, 0.2) is 12.3 Å². The minimum Gasteiger partial charge on any atom is -0.342 e. The Morgan fingerprint density at radius 2 is 2.31 bits per heavy atom. The predicted molar refractivity (Wildman–Crippen MR) is 54.9 cm³/mol. The number of aromatic nitrogens is 1. The molecule has 1 aromatic rings. The second kappa shape index (κ2) is 3.03. The maximum absolute atomic E-state index is 6.00. The van der Waals surface area contributed by atoms with Gasteiger partial charge in [0.15, 0.2) is 0 Å². The van der Waals surface area contributed by atoms with E-state index in [1.54, 1.807) is 0 Å². The average molecular weight is 199 g/mol. The van der Waals surface area contributed by atoms with Crippen molar-refractivity contribution in [2.24, 2.45) is 12.8 Å². The van der Waals surface area contributed by atoms with Crippen LogP contribution in [0.1, 0.15) is 24.8 Å². The van der Waals surface area contributed by atoms with Crippen molar-refractivity contribution in [2.75, 3.05) is 0 Å². The highest BCUT2D eigenvalue weighted by atomic mass is 35.5. The van der Waals surface area contributed by atoms with E-state index >= 15 is 0 Å². The van der Waals surface area contributed by atoms with Gasteiger partial charge in [0, 0.05) is 18.8 Å². The molecule has 1 aliphatic rings. The Morgan fingerprint density at radius 1 is 1.62 bits per heavy atom. The fourth-order valence-corrected chi connectivity index (χ4v) is 1.73. The fraction of sp³-hybridized carbons (Fsp3) is 0.600. The molecule has 3 heteroatoms. The lowest BCUT2D eigenvalue weighted by molar-refractivity contribution is 0.609. The van der Waals surface area contributed by atoms with E-state index < -0.39 is 0 Å². The van der Waals surface area contributed by atoms with E-state index in [0.717, 1.165) is 18.0 Å². The van der Waals surface area contributed by atoms with Gasteiger partial charge in [0.05, 0.1) is 0 Å². The summed E-state index contributed by atoms with van der Waals surface area (Å²) in [4.78, 5) is 0. The quantitative estimate of drug-likeness (QED) is 0.793. The molecule has 1 saturated carbocycles. The molecule has 0 unspecified atom stereocenters. The Balaban J connectivity index is 1.94. The zero-order chi connectivity index (χ0) is 9.47. The number of halogens is 1. The molecule has 0 amide bonds. The molecule has 0 aliphatic heterocycles. The highest BCUT2D eigenvalue weighted by Crippen LogP contribution is 2.36. The van der Waals surface area contributed by atoms with Crippen LogP contribution in [-0.4, -0.2) is 10.1 Å². The molecule has 0 aromatic carbocycles. The SMILES string of the molecule is Cn1cc(CCC2(N)CC2)cc1Cl. The fourth-order valence-electron chi connectivity index (χ4n) is 1.54. The van der Waals surface area contributed by atoms with Crippen molar-refractivity contribution in [3.63, 3.8) is 0 Å². The first-order valence-electron chi connectivity index (χ1n) is 4.69. The van der Waals surface area contributed by atoms with Crippen LogP contribution in [0.2, 0.25) is 5.15 Å². The van der Waals surface area contributed by atoms with E-state index in [1.165, 1.54) is 18.4 Å². The summed E-state index contributed by atoms with van der Waals surface area (Å²) in [6, 6.07) is 2.02. The van der Waals surface area contributed by atoms with E-state index in [-0.39, 0.29) is 5.54 Å². The third kappa shape index (κ3) is 2.06. The number of nitrogens with two attached hydrogens (primary N) is 1. The minimum absolute atomic E-state index is 0.155. The molecule has 1 fully saturated rings. The van der Waals surface area contributed by atoms with Crippen molar-refractivity contribution >= 4 is 11.6 Å². The Morgan fingerprint density at radius 3 is 2.77 bits per heavy atom. The average Bonchev–Trinajstić information content (AvgIpc) is 2.72. The topological polar surface area (TPSA) is 30.9 Å². The van der Waals surface area contributed by atoms with Crippen LogP contribution in [0.25, 0.3) is 0 Å². The van der Waals surface area contributed by atoms with E-state index in [1.807, 2.05) is 17.7 Å². The lowest BCUT2D eigenvalue weighted by Gasteiger charge is -2.05. The zero-order valence-electron chi connectivity index (χ0n) is 7.89. The summed E-state index contributed by atoms with van der Waals surface area (Å²) in [5.74, 6) is 0. The largest absolute Gasteiger partial charge is 0.342 e. The maximum atomic E-state index is 6.00. The monoisotopic (exact) mass is 198 g/mol. The molecule has 13 heavy (non-hydrogen) atoms. The van der Waals surface area contributed by atoms with Crippen LogP contribution in [0, 0.1) is 0 Å². The summed E-state index contributed by atoms with van der Waals surface area (Å²) in [6.45, 7) is 0. The Kier molecular flexibility index (Phi) is 2.12. The summed E-state index contributed by atoms with van der Waals surface area (Å²) in [6.07, 6.45) is 6.60. The number of hydrogen-bond donors (Lipinski definition) is 1. The van der Waals surface area contributed by atoms with Crippen molar-refractivity contribution in [1.29, 1.82) is 0 Å². The summed E-state index contributed by atoms with van der Waals surface area (Å²) in [7, 11) is 1.96. The summed E-state index contributed by atoms with van der Waals surface area (Å²) in [5, 5.41) is 0.803. The maximum Gasteiger partial charge on any atom is 0.108 e. The van der Waals surface area contributed by atoms with Gasteiger partial charge < -0.3 is 10.3 Å². The molecule has 2 N–H and O–H groups in total. The van der Waals surface area contributed by atoms with Crippen LogP contribution in [0.4, 0.5) is 0 Å². The van der Waals surface area contributed by atoms with Gasteiger partial charge in [-0.1, -0.05) is 11.6 Å². The van der Waals surface area contributed by atoms with Gasteiger partial charge in [0.1, 0.15) is 5.15 Å². The first kappa shape index (κ1) is 9.10. The molecular formula is C10H15ClN2. The molecule has 2 rings (SSSR count). The van der Waals surface area contributed by atoms with Crippen molar-refractivity contribution in [3.05, 3.63) is 23.0 Å². The second-order valence-electron chi connectivity index (χ2n) is 4.14. The van der Waals surface area contributed by atoms with Crippen LogP contribution in [-0.2, 0) is 13.5 Å². The van der Waals surface area contributed by atoms with Crippen LogP contribution < -0.4 is 5.73 Å². The minimum atomic E-state index is 0.155. The first-order chi connectivity index (χ1) is 6.09. The number of hydrogen-bond acceptors (Lipinski definition) is 1. The van der Waals surface area contributed by atoms with E-state index in [0.29, 0.717) is 0 Å². The molecule has 1 heterocycles. The molecule has 0 spiro atoms. The Labute approximate surface area is 83.7 Å². The van der Waals surface area contributed by atoms with Crippen LogP contribution in [0.5, 0.6) is 0 Å². The molecule has 0 radical (unpaired) electrons. The second-order valence-corrected chi connectivity index (χ2v) is 4.53. The third-order valence-electron chi connectivity index (χ3n) is 2.80. The van der Waals surface area contributed by atoms with E-state index in [9.17, 15) is 0 Å². The molecule has 0 saturated heterocycles. The third-order valence-corrected chi connectivity index (χ3v) is 3.18. The highest BCUT2D eigenvalue weighted by molar-refractivity contribution is 6.29. The van der Waals surface area contributed by atoms with Gasteiger partial charge in [-0.05, 0) is 37.3 Å². The number of nitrogens with zero attached hydrogens (tertiary/aromatic N) is 1. The molecular weight excluding hydrogens is 184 g/mol. The van der Waals surface area contributed by atoms with Crippen molar-refractivity contribution in [2.45, 2.75) is 31.2 Å². The molecule has 0 bridgehead atoms. The molecule has 2 nitrogen and oxygen atoms in total. The Hall–Kier alpha value is -0.470. The molecule has 1 aromatic heterocycles. The van der Waals surface area contributed by atoms with Crippen LogP contribution >= 0.6 is 11.6 Å². The van der Waals surface area contributed by atoms with Gasteiger partial charge >= 0.3 is 0 Å². The molecule has 0 atom stereocenters. The lowest BCUT2D eigenvalue weighted by Crippen LogP contribution is -2.21. The first-order valence-corrected chi connectivity index (χ1v) is 5.06. The highest BCUT2D eigenvalue weighted by Gasteiger charge is 2.37. The van der Waals surface area contributed by atoms with Crippen LogP contribution in [0.3, 0.4) is 0 Å². The van der Waals surface area contributed by atoms with E-state index in [2.05, 4.69) is 6.20 Å². The summed E-state index contributed by atoms with van der Waals surface area (Å²) < 4.78 is 1.94. The Bertz CT molecular complexity index is 293. The summed E-state index contributed by atoms with van der Waals surface area (Å²) in [5.41, 5.74) is 7.45. The molecule has 1 aliphatic carbocycles.